The second-order valence-corrected chi connectivity index (χ2v) is 4.59. The summed E-state index contributed by atoms with van der Waals surface area (Å²) in [7, 11) is 0. The number of amides is 1. The van der Waals surface area contributed by atoms with Crippen molar-refractivity contribution in [2.24, 2.45) is 0 Å². The fraction of sp³-hybridized carbons (Fsp3) is 0.200. The van der Waals surface area contributed by atoms with Crippen molar-refractivity contribution in [1.29, 1.82) is 0 Å². The summed E-state index contributed by atoms with van der Waals surface area (Å²) >= 11 is 0. The van der Waals surface area contributed by atoms with Gasteiger partial charge in [-0.15, -0.1) is 0 Å². The van der Waals surface area contributed by atoms with Gasteiger partial charge in [0, 0.05) is 17.4 Å². The molecule has 1 amide bonds. The van der Waals surface area contributed by atoms with Gasteiger partial charge in [-0.3, -0.25) is 4.79 Å². The minimum absolute atomic E-state index is 0.205. The summed E-state index contributed by atoms with van der Waals surface area (Å²) in [5.41, 5.74) is 7.79. The molecule has 3 rings (SSSR count). The van der Waals surface area contributed by atoms with Crippen LogP contribution in [0.4, 0.5) is 11.4 Å². The van der Waals surface area contributed by atoms with Gasteiger partial charge in [-0.25, -0.2) is 4.98 Å². The summed E-state index contributed by atoms with van der Waals surface area (Å²) in [6, 6.07) is 10.6. The maximum atomic E-state index is 12.2. The van der Waals surface area contributed by atoms with Crippen LogP contribution in [0.15, 0.2) is 42.6 Å². The molecule has 6 heteroatoms. The van der Waals surface area contributed by atoms with Crippen molar-refractivity contribution in [2.75, 3.05) is 24.3 Å². The number of carbonyl (C=O) groups is 1. The van der Waals surface area contributed by atoms with E-state index in [9.17, 15) is 4.79 Å². The van der Waals surface area contributed by atoms with Gasteiger partial charge in [0.2, 0.25) is 0 Å². The fourth-order valence-electron chi connectivity index (χ4n) is 2.11. The molecule has 1 aromatic heterocycles. The van der Waals surface area contributed by atoms with Crippen LogP contribution in [-0.2, 0) is 9.47 Å². The van der Waals surface area contributed by atoms with Gasteiger partial charge in [-0.05, 0) is 24.3 Å². The number of nitrogens with zero attached hydrogens (tertiary/aromatic N) is 1. The number of benzene rings is 1. The maximum Gasteiger partial charge on any atom is 0.276 e. The molecule has 0 aliphatic carbocycles. The van der Waals surface area contributed by atoms with Gasteiger partial charge >= 0.3 is 0 Å². The number of nitrogens with two attached hydrogens (primary N) is 1. The largest absolute Gasteiger partial charge is 0.397 e. The first-order valence-corrected chi connectivity index (χ1v) is 6.59. The Labute approximate surface area is 121 Å². The lowest BCUT2D eigenvalue weighted by Gasteiger charge is -2.11. The van der Waals surface area contributed by atoms with Gasteiger partial charge in [0.05, 0.1) is 18.9 Å². The highest BCUT2D eigenvalue weighted by Crippen LogP contribution is 2.25. The van der Waals surface area contributed by atoms with E-state index < -0.39 is 0 Å². The number of hydrogen-bond donors (Lipinski definition) is 2. The van der Waals surface area contributed by atoms with Crippen molar-refractivity contribution in [2.45, 2.75) is 6.29 Å². The minimum atomic E-state index is -0.373. The molecule has 1 fully saturated rings. The number of ether oxygens (including phenoxy) is 2. The van der Waals surface area contributed by atoms with Crippen molar-refractivity contribution in [3.05, 3.63) is 53.9 Å². The second-order valence-electron chi connectivity index (χ2n) is 4.59. The van der Waals surface area contributed by atoms with Crippen LogP contribution in [0.5, 0.6) is 0 Å². The number of anilines is 2. The molecule has 1 aromatic carbocycles. The van der Waals surface area contributed by atoms with Crippen LogP contribution in [0, 0.1) is 0 Å². The fourth-order valence-corrected chi connectivity index (χ4v) is 2.11. The lowest BCUT2D eigenvalue weighted by Crippen LogP contribution is -2.16. The maximum absolute atomic E-state index is 12.2. The van der Waals surface area contributed by atoms with Gasteiger partial charge in [0.25, 0.3) is 5.91 Å². The predicted octanol–water partition coefficient (Wildman–Crippen LogP) is 1.96. The summed E-state index contributed by atoms with van der Waals surface area (Å²) in [6.45, 7) is 1.15. The van der Waals surface area contributed by atoms with E-state index in [0.29, 0.717) is 24.6 Å². The Balaban J connectivity index is 1.77. The van der Waals surface area contributed by atoms with Gasteiger partial charge in [-0.1, -0.05) is 12.1 Å². The smallest absolute Gasteiger partial charge is 0.276 e. The molecule has 3 N–H and O–H groups in total. The van der Waals surface area contributed by atoms with E-state index in [0.717, 1.165) is 5.56 Å². The zero-order valence-electron chi connectivity index (χ0n) is 11.3. The van der Waals surface area contributed by atoms with E-state index in [-0.39, 0.29) is 17.9 Å². The van der Waals surface area contributed by atoms with Crippen molar-refractivity contribution in [3.8, 4) is 0 Å². The molecule has 0 unspecified atom stereocenters. The van der Waals surface area contributed by atoms with Crippen LogP contribution in [0.2, 0.25) is 0 Å². The first kappa shape index (κ1) is 13.5. The lowest BCUT2D eigenvalue weighted by atomic mass is 10.2. The molecule has 0 spiro atoms. The third-order valence-electron chi connectivity index (χ3n) is 3.09. The van der Waals surface area contributed by atoms with Gasteiger partial charge < -0.3 is 20.5 Å². The number of pyridine rings is 1. The highest BCUT2D eigenvalue weighted by Gasteiger charge is 2.19. The Morgan fingerprint density at radius 3 is 2.81 bits per heavy atom. The summed E-state index contributed by atoms with van der Waals surface area (Å²) in [6.07, 6.45) is 1.16. The minimum Gasteiger partial charge on any atom is -0.397 e. The van der Waals surface area contributed by atoms with Crippen LogP contribution in [0.1, 0.15) is 22.3 Å². The summed E-state index contributed by atoms with van der Waals surface area (Å²) in [5.74, 6) is -0.349. The molecule has 2 heterocycles. The number of nitrogens with one attached hydrogen (secondary N) is 1. The molecule has 0 radical (unpaired) electrons. The molecule has 21 heavy (non-hydrogen) atoms. The van der Waals surface area contributed by atoms with E-state index in [1.807, 2.05) is 18.2 Å². The molecule has 1 saturated heterocycles. The van der Waals surface area contributed by atoms with Crippen molar-refractivity contribution in [3.63, 3.8) is 0 Å². The average Bonchev–Trinajstić information content (AvgIpc) is 3.02. The first-order chi connectivity index (χ1) is 10.2. The van der Waals surface area contributed by atoms with E-state index >= 15 is 0 Å². The third-order valence-corrected chi connectivity index (χ3v) is 3.09. The topological polar surface area (TPSA) is 86.5 Å². The number of carbonyl (C=O) groups excluding carboxylic acids is 1. The van der Waals surface area contributed by atoms with Crippen LogP contribution in [-0.4, -0.2) is 24.1 Å². The number of hydrogen-bond acceptors (Lipinski definition) is 5. The van der Waals surface area contributed by atoms with Crippen LogP contribution in [0.3, 0.4) is 0 Å². The van der Waals surface area contributed by atoms with Crippen molar-refractivity contribution in [1.82, 2.24) is 4.98 Å². The summed E-state index contributed by atoms with van der Waals surface area (Å²) < 4.78 is 10.9. The summed E-state index contributed by atoms with van der Waals surface area (Å²) in [4.78, 5) is 16.1. The Kier molecular flexibility index (Phi) is 3.81. The van der Waals surface area contributed by atoms with E-state index in [1.54, 1.807) is 18.2 Å². The zero-order valence-corrected chi connectivity index (χ0v) is 11.3. The molecule has 1 aliphatic heterocycles. The van der Waals surface area contributed by atoms with Crippen molar-refractivity contribution < 1.29 is 14.3 Å². The lowest BCUT2D eigenvalue weighted by molar-refractivity contribution is -0.0440. The Hall–Kier alpha value is -2.44. The Bertz CT molecular complexity index is 654. The van der Waals surface area contributed by atoms with E-state index in [4.69, 9.17) is 15.2 Å². The molecule has 6 nitrogen and oxygen atoms in total. The molecule has 2 aromatic rings. The van der Waals surface area contributed by atoms with E-state index in [2.05, 4.69) is 10.3 Å². The molecular weight excluding hydrogens is 270 g/mol. The number of rotatable bonds is 3. The molecular formula is C15H15N3O3. The van der Waals surface area contributed by atoms with Crippen LogP contribution >= 0.6 is 0 Å². The third kappa shape index (κ3) is 3.01. The van der Waals surface area contributed by atoms with Crippen LogP contribution < -0.4 is 11.1 Å². The first-order valence-electron chi connectivity index (χ1n) is 6.59. The van der Waals surface area contributed by atoms with E-state index in [1.165, 1.54) is 6.20 Å². The quantitative estimate of drug-likeness (QED) is 0.900. The van der Waals surface area contributed by atoms with Gasteiger partial charge in [0.1, 0.15) is 0 Å². The molecule has 0 bridgehead atoms. The van der Waals surface area contributed by atoms with Crippen LogP contribution in [0.25, 0.3) is 0 Å². The predicted molar refractivity (Wildman–Crippen MR) is 77.7 cm³/mol. The highest BCUT2D eigenvalue weighted by molar-refractivity contribution is 6.06. The summed E-state index contributed by atoms with van der Waals surface area (Å²) in [5, 5.41) is 2.77. The van der Waals surface area contributed by atoms with Gasteiger partial charge in [0.15, 0.2) is 12.0 Å². The second kappa shape index (κ2) is 5.90. The number of nitrogen functional groups attached to an aromatic ring is 1. The standard InChI is InChI=1S/C15H15N3O3/c16-12-5-2-6-17-13(12)14(19)18-11-4-1-3-10(9-11)15-20-7-8-21-15/h1-6,9,15H,7-8,16H2,(H,18,19). The SMILES string of the molecule is Nc1cccnc1C(=O)Nc1cccc(C2OCCO2)c1. The molecule has 108 valence electrons. The normalized spacial score (nSPS) is 15.0. The average molecular weight is 285 g/mol. The molecule has 0 saturated carbocycles. The Morgan fingerprint density at radius 2 is 2.05 bits per heavy atom. The monoisotopic (exact) mass is 285 g/mol. The molecule has 1 aliphatic rings. The number of aromatic nitrogens is 1. The zero-order chi connectivity index (χ0) is 14.7. The Morgan fingerprint density at radius 1 is 1.24 bits per heavy atom. The van der Waals surface area contributed by atoms with Gasteiger partial charge in [-0.2, -0.15) is 0 Å². The van der Waals surface area contributed by atoms with Crippen molar-refractivity contribution >= 4 is 17.3 Å². The molecule has 0 atom stereocenters. The highest BCUT2D eigenvalue weighted by atomic mass is 16.7.